The average molecular weight is 409 g/mol. The number of hydrogen-bond donors (Lipinski definition) is 1. The zero-order valence-corrected chi connectivity index (χ0v) is 18.5. The summed E-state index contributed by atoms with van der Waals surface area (Å²) < 4.78 is 6.08. The maximum atomic E-state index is 12.4. The van der Waals surface area contributed by atoms with Crippen molar-refractivity contribution in [3.8, 4) is 5.75 Å². The molecular formula is C24H28N2O2S. The lowest BCUT2D eigenvalue weighted by Crippen LogP contribution is -2.47. The highest BCUT2D eigenvalue weighted by molar-refractivity contribution is 7.80. The lowest BCUT2D eigenvalue weighted by molar-refractivity contribution is -0.114. The lowest BCUT2D eigenvalue weighted by atomic mass is 9.92. The molecule has 0 saturated heterocycles. The zero-order chi connectivity index (χ0) is 21.1. The quantitative estimate of drug-likeness (QED) is 0.682. The summed E-state index contributed by atoms with van der Waals surface area (Å²) in [5.41, 5.74) is 6.22. The van der Waals surface area contributed by atoms with Gasteiger partial charge in [-0.15, -0.1) is 0 Å². The van der Waals surface area contributed by atoms with Crippen LogP contribution in [0.4, 0.5) is 0 Å². The molecule has 5 heteroatoms. The van der Waals surface area contributed by atoms with E-state index in [9.17, 15) is 4.79 Å². The van der Waals surface area contributed by atoms with Crippen molar-refractivity contribution in [2.75, 3.05) is 6.54 Å². The third-order valence-electron chi connectivity index (χ3n) is 5.38. The van der Waals surface area contributed by atoms with Crippen LogP contribution in [0.1, 0.15) is 49.1 Å². The molecule has 2 aromatic carbocycles. The molecule has 1 heterocycles. The predicted molar refractivity (Wildman–Crippen MR) is 121 cm³/mol. The SMILES string of the molecule is CCN1C(=S)NC(c2cccc(OCc3cc(C)ccc3C)c2)C(C(C)=O)=C1C. The molecule has 0 saturated carbocycles. The standard InChI is InChI=1S/C24H28N2O2S/c1-6-26-17(4)22(18(5)27)23(25-24(26)29)19-8-7-9-21(13-19)28-14-20-12-15(2)10-11-16(20)3/h7-13,23H,6,14H2,1-5H3,(H,25,29). The molecule has 1 atom stereocenters. The van der Waals surface area contributed by atoms with E-state index in [1.165, 1.54) is 16.7 Å². The topological polar surface area (TPSA) is 41.6 Å². The molecule has 0 radical (unpaired) electrons. The normalized spacial score (nSPS) is 16.7. The van der Waals surface area contributed by atoms with E-state index in [1.807, 2.05) is 43.0 Å². The molecule has 152 valence electrons. The molecule has 29 heavy (non-hydrogen) atoms. The Hall–Kier alpha value is -2.66. The molecule has 1 aliphatic rings. The number of allylic oxidation sites excluding steroid dienone is 1. The summed E-state index contributed by atoms with van der Waals surface area (Å²) in [6.07, 6.45) is 0. The number of ketones is 1. The Morgan fingerprint density at radius 3 is 2.62 bits per heavy atom. The van der Waals surface area contributed by atoms with Crippen molar-refractivity contribution < 1.29 is 9.53 Å². The molecule has 1 aliphatic heterocycles. The number of nitrogens with zero attached hydrogens (tertiary/aromatic N) is 1. The van der Waals surface area contributed by atoms with Gasteiger partial charge in [-0.2, -0.15) is 0 Å². The van der Waals surface area contributed by atoms with Crippen LogP contribution in [0.15, 0.2) is 53.7 Å². The van der Waals surface area contributed by atoms with Crippen molar-refractivity contribution >= 4 is 23.1 Å². The van der Waals surface area contributed by atoms with Crippen molar-refractivity contribution in [3.63, 3.8) is 0 Å². The summed E-state index contributed by atoms with van der Waals surface area (Å²) in [4.78, 5) is 14.4. The number of ether oxygens (including phenoxy) is 1. The Bertz CT molecular complexity index is 981. The van der Waals surface area contributed by atoms with Crippen LogP contribution in [0.25, 0.3) is 0 Å². The first-order chi connectivity index (χ1) is 13.8. The van der Waals surface area contributed by atoms with Crippen LogP contribution in [-0.4, -0.2) is 22.3 Å². The summed E-state index contributed by atoms with van der Waals surface area (Å²) in [5, 5.41) is 3.98. The number of benzene rings is 2. The van der Waals surface area contributed by atoms with Gasteiger partial charge in [-0.3, -0.25) is 4.79 Å². The molecule has 3 rings (SSSR count). The molecule has 0 bridgehead atoms. The second-order valence-corrected chi connectivity index (χ2v) is 7.86. The minimum Gasteiger partial charge on any atom is -0.489 e. The van der Waals surface area contributed by atoms with Crippen LogP contribution < -0.4 is 10.1 Å². The number of nitrogens with one attached hydrogen (secondary N) is 1. The van der Waals surface area contributed by atoms with Gasteiger partial charge in [-0.05, 0) is 75.7 Å². The van der Waals surface area contributed by atoms with Gasteiger partial charge in [-0.25, -0.2) is 0 Å². The highest BCUT2D eigenvalue weighted by Crippen LogP contribution is 2.32. The molecule has 0 spiro atoms. The van der Waals surface area contributed by atoms with Gasteiger partial charge in [0.25, 0.3) is 0 Å². The Labute approximate surface area is 178 Å². The van der Waals surface area contributed by atoms with Crippen LogP contribution in [0.3, 0.4) is 0 Å². The van der Waals surface area contributed by atoms with Crippen molar-refractivity contribution in [2.24, 2.45) is 0 Å². The molecular weight excluding hydrogens is 380 g/mol. The van der Waals surface area contributed by atoms with Gasteiger partial charge in [0.2, 0.25) is 0 Å². The van der Waals surface area contributed by atoms with E-state index in [1.54, 1.807) is 6.92 Å². The average Bonchev–Trinajstić information content (AvgIpc) is 2.68. The summed E-state index contributed by atoms with van der Waals surface area (Å²) in [6.45, 7) is 11.0. The van der Waals surface area contributed by atoms with Crippen LogP contribution >= 0.6 is 12.2 Å². The maximum Gasteiger partial charge on any atom is 0.173 e. The van der Waals surface area contributed by atoms with Gasteiger partial charge in [0.15, 0.2) is 10.9 Å². The Morgan fingerprint density at radius 2 is 1.93 bits per heavy atom. The van der Waals surface area contributed by atoms with Crippen LogP contribution in [0, 0.1) is 13.8 Å². The summed E-state index contributed by atoms with van der Waals surface area (Å²) in [7, 11) is 0. The largest absolute Gasteiger partial charge is 0.489 e. The third-order valence-corrected chi connectivity index (χ3v) is 5.72. The first kappa shape index (κ1) is 21.1. The second-order valence-electron chi connectivity index (χ2n) is 7.47. The number of thiocarbonyl (C=S) groups is 1. The van der Waals surface area contributed by atoms with E-state index in [4.69, 9.17) is 17.0 Å². The fourth-order valence-electron chi connectivity index (χ4n) is 3.77. The van der Waals surface area contributed by atoms with E-state index in [0.29, 0.717) is 11.7 Å². The monoisotopic (exact) mass is 408 g/mol. The van der Waals surface area contributed by atoms with Crippen LogP contribution in [-0.2, 0) is 11.4 Å². The number of carbonyl (C=O) groups is 1. The first-order valence-corrected chi connectivity index (χ1v) is 10.3. The molecule has 2 aromatic rings. The Morgan fingerprint density at radius 1 is 1.17 bits per heavy atom. The molecule has 0 aliphatic carbocycles. The van der Waals surface area contributed by atoms with Gasteiger partial charge in [0, 0.05) is 17.8 Å². The minimum atomic E-state index is -0.271. The predicted octanol–water partition coefficient (Wildman–Crippen LogP) is 5.00. The van der Waals surface area contributed by atoms with Gasteiger partial charge in [0.1, 0.15) is 12.4 Å². The highest BCUT2D eigenvalue weighted by Gasteiger charge is 2.31. The van der Waals surface area contributed by atoms with Gasteiger partial charge in [0.05, 0.1) is 6.04 Å². The molecule has 1 unspecified atom stereocenters. The first-order valence-electron chi connectivity index (χ1n) is 9.90. The van der Waals surface area contributed by atoms with Crippen LogP contribution in [0.2, 0.25) is 0 Å². The highest BCUT2D eigenvalue weighted by atomic mass is 32.1. The smallest absolute Gasteiger partial charge is 0.173 e. The third kappa shape index (κ3) is 4.51. The van der Waals surface area contributed by atoms with Crippen molar-refractivity contribution in [1.29, 1.82) is 0 Å². The van der Waals surface area contributed by atoms with Crippen molar-refractivity contribution in [1.82, 2.24) is 10.2 Å². The van der Waals surface area contributed by atoms with Gasteiger partial charge < -0.3 is 15.0 Å². The zero-order valence-electron chi connectivity index (χ0n) is 17.7. The second kappa shape index (κ2) is 8.78. The van der Waals surface area contributed by atoms with Crippen LogP contribution in [0.5, 0.6) is 5.75 Å². The number of rotatable bonds is 6. The number of carbonyl (C=O) groups excluding carboxylic acids is 1. The van der Waals surface area contributed by atoms with Gasteiger partial charge >= 0.3 is 0 Å². The van der Waals surface area contributed by atoms with E-state index < -0.39 is 0 Å². The molecule has 0 fully saturated rings. The fourth-order valence-corrected chi connectivity index (χ4v) is 4.15. The number of hydrogen-bond acceptors (Lipinski definition) is 3. The van der Waals surface area contributed by atoms with E-state index in [2.05, 4.69) is 37.4 Å². The van der Waals surface area contributed by atoms with Gasteiger partial charge in [-0.1, -0.05) is 35.9 Å². The summed E-state index contributed by atoms with van der Waals surface area (Å²) >= 11 is 5.53. The molecule has 4 nitrogen and oxygen atoms in total. The Kier molecular flexibility index (Phi) is 6.38. The van der Waals surface area contributed by atoms with E-state index in [-0.39, 0.29) is 11.8 Å². The number of Topliss-reactive ketones (excluding diaryl/α,β-unsaturated/α-hetero) is 1. The molecule has 1 N–H and O–H groups in total. The van der Waals surface area contributed by atoms with E-state index in [0.717, 1.165) is 29.1 Å². The lowest BCUT2D eigenvalue weighted by Gasteiger charge is -2.37. The Balaban J connectivity index is 1.88. The fraction of sp³-hybridized carbons (Fsp3) is 0.333. The summed E-state index contributed by atoms with van der Waals surface area (Å²) in [5.74, 6) is 0.817. The van der Waals surface area contributed by atoms with E-state index >= 15 is 0 Å². The minimum absolute atomic E-state index is 0.0441. The summed E-state index contributed by atoms with van der Waals surface area (Å²) in [6, 6.07) is 14.0. The molecule has 0 amide bonds. The van der Waals surface area contributed by atoms with Crippen molar-refractivity contribution in [2.45, 2.75) is 47.3 Å². The van der Waals surface area contributed by atoms with Crippen molar-refractivity contribution in [3.05, 3.63) is 76.0 Å². The maximum absolute atomic E-state index is 12.4. The molecule has 0 aromatic heterocycles. The number of aryl methyl sites for hydroxylation is 2.